The second kappa shape index (κ2) is 11.6. The molecule has 2 aromatic rings. The SMILES string of the molecule is Cc1ccc(CC(NC(=O)N(C)C)C(=O)N2CCC(C(C)(C)S(=O)(=O)c3cccc(C(F)(F)F)c3)CC2)cc1. The van der Waals surface area contributed by atoms with Gasteiger partial charge in [0.1, 0.15) is 6.04 Å². The van der Waals surface area contributed by atoms with Crippen molar-refractivity contribution in [2.45, 2.75) is 61.9 Å². The summed E-state index contributed by atoms with van der Waals surface area (Å²) in [6.45, 7) is 5.56. The molecule has 1 aliphatic rings. The summed E-state index contributed by atoms with van der Waals surface area (Å²) in [4.78, 5) is 28.5. The zero-order valence-corrected chi connectivity index (χ0v) is 23.7. The van der Waals surface area contributed by atoms with Crippen molar-refractivity contribution in [3.63, 3.8) is 0 Å². The Balaban J connectivity index is 1.75. The molecular formula is C28H36F3N3O4S. The zero-order valence-electron chi connectivity index (χ0n) is 22.9. The average molecular weight is 568 g/mol. The Kier molecular flexibility index (Phi) is 9.04. The van der Waals surface area contributed by atoms with Gasteiger partial charge in [-0.15, -0.1) is 0 Å². The van der Waals surface area contributed by atoms with Gasteiger partial charge in [-0.05, 0) is 63.3 Å². The molecule has 2 aromatic carbocycles. The van der Waals surface area contributed by atoms with Gasteiger partial charge in [-0.1, -0.05) is 35.9 Å². The monoisotopic (exact) mass is 567 g/mol. The van der Waals surface area contributed by atoms with Crippen LogP contribution in [0.25, 0.3) is 0 Å². The second-order valence-corrected chi connectivity index (χ2v) is 13.3. The number of rotatable bonds is 7. The highest BCUT2D eigenvalue weighted by atomic mass is 32.2. The van der Waals surface area contributed by atoms with Gasteiger partial charge in [-0.2, -0.15) is 13.2 Å². The number of halogens is 3. The number of urea groups is 1. The Labute approximate surface area is 228 Å². The number of aryl methyl sites for hydroxylation is 1. The molecule has 3 amide bonds. The fraction of sp³-hybridized carbons (Fsp3) is 0.500. The van der Waals surface area contributed by atoms with Crippen molar-refractivity contribution in [1.29, 1.82) is 0 Å². The first kappa shape index (κ1) is 30.5. The molecule has 0 aromatic heterocycles. The third kappa shape index (κ3) is 6.93. The van der Waals surface area contributed by atoms with E-state index in [0.29, 0.717) is 25.3 Å². The highest BCUT2D eigenvalue weighted by Gasteiger charge is 2.45. The van der Waals surface area contributed by atoms with Gasteiger partial charge in [-0.3, -0.25) is 4.79 Å². The molecule has 0 bridgehead atoms. The Morgan fingerprint density at radius 1 is 1.05 bits per heavy atom. The lowest BCUT2D eigenvalue weighted by Gasteiger charge is -2.41. The smallest absolute Gasteiger partial charge is 0.341 e. The van der Waals surface area contributed by atoms with E-state index in [0.717, 1.165) is 23.3 Å². The van der Waals surface area contributed by atoms with Gasteiger partial charge in [0, 0.05) is 33.6 Å². The number of carbonyl (C=O) groups excluding carboxylic acids is 2. The number of hydrogen-bond acceptors (Lipinski definition) is 4. The number of nitrogens with zero attached hydrogens (tertiary/aromatic N) is 2. The topological polar surface area (TPSA) is 86.8 Å². The van der Waals surface area contributed by atoms with Crippen molar-refractivity contribution in [3.8, 4) is 0 Å². The normalized spacial score (nSPS) is 16.1. The number of carbonyl (C=O) groups is 2. The first-order valence-corrected chi connectivity index (χ1v) is 14.3. The van der Waals surface area contributed by atoms with Crippen molar-refractivity contribution < 1.29 is 31.2 Å². The number of alkyl halides is 3. The summed E-state index contributed by atoms with van der Waals surface area (Å²) in [6.07, 6.45) is -3.64. The van der Waals surface area contributed by atoms with Crippen molar-refractivity contribution >= 4 is 21.8 Å². The molecular weight excluding hydrogens is 531 g/mol. The molecule has 7 nitrogen and oxygen atoms in total. The van der Waals surface area contributed by atoms with Crippen LogP contribution in [-0.4, -0.2) is 68.1 Å². The van der Waals surface area contributed by atoms with Gasteiger partial charge in [0.25, 0.3) is 0 Å². The highest BCUT2D eigenvalue weighted by molar-refractivity contribution is 7.92. The lowest BCUT2D eigenvalue weighted by atomic mass is 9.85. The van der Waals surface area contributed by atoms with Crippen molar-refractivity contribution in [3.05, 3.63) is 65.2 Å². The van der Waals surface area contributed by atoms with Gasteiger partial charge in [0.2, 0.25) is 5.91 Å². The third-order valence-corrected chi connectivity index (χ3v) is 10.1. The van der Waals surface area contributed by atoms with E-state index in [1.54, 1.807) is 19.0 Å². The van der Waals surface area contributed by atoms with Crippen molar-refractivity contribution in [2.24, 2.45) is 5.92 Å². The summed E-state index contributed by atoms with van der Waals surface area (Å²) >= 11 is 0. The average Bonchev–Trinajstić information content (AvgIpc) is 2.88. The van der Waals surface area contributed by atoms with E-state index in [1.807, 2.05) is 31.2 Å². The number of sulfone groups is 1. The maximum absolute atomic E-state index is 13.5. The summed E-state index contributed by atoms with van der Waals surface area (Å²) < 4.78 is 65.2. The lowest BCUT2D eigenvalue weighted by molar-refractivity contribution is -0.137. The summed E-state index contributed by atoms with van der Waals surface area (Å²) in [5, 5.41) is 2.79. The minimum atomic E-state index is -4.65. The Morgan fingerprint density at radius 2 is 1.64 bits per heavy atom. The van der Waals surface area contributed by atoms with Crippen molar-refractivity contribution in [2.75, 3.05) is 27.2 Å². The maximum Gasteiger partial charge on any atom is 0.416 e. The highest BCUT2D eigenvalue weighted by Crippen LogP contribution is 2.39. The van der Waals surface area contributed by atoms with Gasteiger partial charge in [0.05, 0.1) is 15.2 Å². The van der Waals surface area contributed by atoms with E-state index in [2.05, 4.69) is 5.32 Å². The minimum Gasteiger partial charge on any atom is -0.341 e. The van der Waals surface area contributed by atoms with E-state index < -0.39 is 38.4 Å². The number of amides is 3. The summed E-state index contributed by atoms with van der Waals surface area (Å²) in [5.41, 5.74) is 0.948. The molecule has 1 heterocycles. The zero-order chi connectivity index (χ0) is 29.2. The van der Waals surface area contributed by atoms with Crippen LogP contribution in [0.5, 0.6) is 0 Å². The summed E-state index contributed by atoms with van der Waals surface area (Å²) in [5.74, 6) is -0.643. The lowest BCUT2D eigenvalue weighted by Crippen LogP contribution is -2.55. The van der Waals surface area contributed by atoms with Crippen LogP contribution in [0.2, 0.25) is 0 Å². The summed E-state index contributed by atoms with van der Waals surface area (Å²) in [6, 6.07) is 10.3. The number of likely N-dealkylation sites (tertiary alicyclic amines) is 1. The van der Waals surface area contributed by atoms with Crippen LogP contribution in [0.15, 0.2) is 53.4 Å². The number of nitrogens with one attached hydrogen (secondary N) is 1. The van der Waals surface area contributed by atoms with Crippen LogP contribution in [0, 0.1) is 12.8 Å². The standard InChI is InChI=1S/C28H36F3N3O4S/c1-19-9-11-20(12-10-19)17-24(32-26(36)33(4)5)25(35)34-15-13-21(14-16-34)27(2,3)39(37,38)23-8-6-7-22(18-23)28(29,30)31/h6-12,18,21,24H,13-17H2,1-5H3,(H,32,36). The molecule has 1 N–H and O–H groups in total. The molecule has 39 heavy (non-hydrogen) atoms. The Hall–Kier alpha value is -3.08. The van der Waals surface area contributed by atoms with E-state index in [1.165, 1.54) is 24.8 Å². The Morgan fingerprint density at radius 3 is 2.18 bits per heavy atom. The quantitative estimate of drug-likeness (QED) is 0.526. The van der Waals surface area contributed by atoms with Crippen LogP contribution in [0.1, 0.15) is 43.4 Å². The molecule has 214 valence electrons. The van der Waals surface area contributed by atoms with Crippen molar-refractivity contribution in [1.82, 2.24) is 15.1 Å². The van der Waals surface area contributed by atoms with Crippen LogP contribution in [-0.2, 0) is 27.2 Å². The van der Waals surface area contributed by atoms with Gasteiger partial charge < -0.3 is 15.1 Å². The summed E-state index contributed by atoms with van der Waals surface area (Å²) in [7, 11) is -0.942. The van der Waals surface area contributed by atoms with E-state index in [4.69, 9.17) is 0 Å². The predicted octanol–water partition coefficient (Wildman–Crippen LogP) is 4.69. The second-order valence-electron chi connectivity index (χ2n) is 10.8. The first-order chi connectivity index (χ1) is 18.0. The van der Waals surface area contributed by atoms with Crippen LogP contribution in [0.3, 0.4) is 0 Å². The predicted molar refractivity (Wildman–Crippen MR) is 143 cm³/mol. The molecule has 1 atom stereocenters. The molecule has 1 unspecified atom stereocenters. The number of hydrogen-bond donors (Lipinski definition) is 1. The van der Waals surface area contributed by atoms with Gasteiger partial charge in [-0.25, -0.2) is 13.2 Å². The first-order valence-electron chi connectivity index (χ1n) is 12.8. The molecule has 1 fully saturated rings. The third-order valence-electron chi connectivity index (χ3n) is 7.52. The molecule has 0 radical (unpaired) electrons. The fourth-order valence-electron chi connectivity index (χ4n) is 4.82. The van der Waals surface area contributed by atoms with E-state index in [9.17, 15) is 31.2 Å². The molecule has 11 heteroatoms. The van der Waals surface area contributed by atoms with E-state index >= 15 is 0 Å². The van der Waals surface area contributed by atoms with Crippen LogP contribution < -0.4 is 5.32 Å². The van der Waals surface area contributed by atoms with Crippen LogP contribution >= 0.6 is 0 Å². The maximum atomic E-state index is 13.5. The molecule has 3 rings (SSSR count). The molecule has 1 aliphatic heterocycles. The largest absolute Gasteiger partial charge is 0.416 e. The molecule has 0 saturated carbocycles. The van der Waals surface area contributed by atoms with Gasteiger partial charge >= 0.3 is 12.2 Å². The molecule has 0 aliphatic carbocycles. The van der Waals surface area contributed by atoms with E-state index in [-0.39, 0.29) is 29.8 Å². The van der Waals surface area contributed by atoms with Crippen LogP contribution in [0.4, 0.5) is 18.0 Å². The Bertz CT molecular complexity index is 1280. The number of benzene rings is 2. The molecule has 0 spiro atoms. The molecule has 1 saturated heterocycles. The minimum absolute atomic E-state index is 0.261. The van der Waals surface area contributed by atoms with Gasteiger partial charge in [0.15, 0.2) is 9.84 Å². The number of piperidine rings is 1. The fourth-order valence-corrected chi connectivity index (χ4v) is 6.64.